The maximum Gasteiger partial charge on any atom is 0.242 e. The maximum atomic E-state index is 13.4. The third-order valence-electron chi connectivity index (χ3n) is 5.66. The second kappa shape index (κ2) is 12.8. The fraction of sp³-hybridized carbons (Fsp3) is 0.481. The molecule has 0 aliphatic heterocycles. The Hall–Kier alpha value is -3.27. The normalized spacial score (nSPS) is 12.4. The summed E-state index contributed by atoms with van der Waals surface area (Å²) in [6.45, 7) is 7.62. The molecular formula is C27H39N3O6S. The molecule has 0 bridgehead atoms. The SMILES string of the molecule is COc1cccc(CN(C(=O)CCCN(c2ccccc2OC)S(C)(=O)=O)C(C)C(=O)NC(C)(C)C)c1. The largest absolute Gasteiger partial charge is 0.497 e. The smallest absolute Gasteiger partial charge is 0.242 e. The van der Waals surface area contributed by atoms with Gasteiger partial charge < -0.3 is 19.7 Å². The number of carbonyl (C=O) groups is 2. The maximum absolute atomic E-state index is 13.4. The van der Waals surface area contributed by atoms with Crippen LogP contribution in [0.4, 0.5) is 5.69 Å². The van der Waals surface area contributed by atoms with E-state index in [9.17, 15) is 18.0 Å². The number of methoxy groups -OCH3 is 2. The Balaban J connectivity index is 2.24. The van der Waals surface area contributed by atoms with Gasteiger partial charge in [-0.3, -0.25) is 13.9 Å². The number of sulfonamides is 1. The predicted molar refractivity (Wildman–Crippen MR) is 145 cm³/mol. The predicted octanol–water partition coefficient (Wildman–Crippen LogP) is 3.58. The van der Waals surface area contributed by atoms with Crippen LogP contribution in [0.2, 0.25) is 0 Å². The lowest BCUT2D eigenvalue weighted by Gasteiger charge is -2.32. The van der Waals surface area contributed by atoms with Gasteiger partial charge in [0.1, 0.15) is 17.5 Å². The molecule has 204 valence electrons. The molecule has 1 atom stereocenters. The molecule has 0 heterocycles. The van der Waals surface area contributed by atoms with Gasteiger partial charge in [-0.2, -0.15) is 0 Å². The van der Waals surface area contributed by atoms with Crippen LogP contribution in [0.5, 0.6) is 11.5 Å². The Labute approximate surface area is 220 Å². The highest BCUT2D eigenvalue weighted by Crippen LogP contribution is 2.30. The van der Waals surface area contributed by atoms with E-state index in [0.29, 0.717) is 17.2 Å². The molecule has 0 aromatic heterocycles. The van der Waals surface area contributed by atoms with Crippen LogP contribution in [0.3, 0.4) is 0 Å². The van der Waals surface area contributed by atoms with Crippen LogP contribution in [-0.4, -0.2) is 63.7 Å². The van der Waals surface area contributed by atoms with Gasteiger partial charge in [-0.05, 0) is 63.9 Å². The van der Waals surface area contributed by atoms with E-state index in [2.05, 4.69) is 5.32 Å². The first-order valence-corrected chi connectivity index (χ1v) is 14.0. The second-order valence-corrected chi connectivity index (χ2v) is 11.8. The third-order valence-corrected chi connectivity index (χ3v) is 6.84. The van der Waals surface area contributed by atoms with Crippen molar-refractivity contribution in [2.75, 3.05) is 31.3 Å². The molecule has 0 saturated carbocycles. The number of rotatable bonds is 12. The number of benzene rings is 2. The first-order valence-electron chi connectivity index (χ1n) is 12.1. The average Bonchev–Trinajstić information content (AvgIpc) is 2.83. The molecule has 1 unspecified atom stereocenters. The topological polar surface area (TPSA) is 105 Å². The molecule has 0 aliphatic rings. The Kier molecular flexibility index (Phi) is 10.4. The van der Waals surface area contributed by atoms with Crippen molar-refractivity contribution in [2.24, 2.45) is 0 Å². The van der Waals surface area contributed by atoms with Crippen molar-refractivity contribution >= 4 is 27.5 Å². The zero-order valence-electron chi connectivity index (χ0n) is 22.8. The number of hydrogen-bond donors (Lipinski definition) is 1. The van der Waals surface area contributed by atoms with Gasteiger partial charge in [0.25, 0.3) is 0 Å². The Morgan fingerprint density at radius 1 is 1.03 bits per heavy atom. The Bertz CT molecular complexity index is 1180. The van der Waals surface area contributed by atoms with Gasteiger partial charge in [-0.25, -0.2) is 8.42 Å². The van der Waals surface area contributed by atoms with E-state index in [1.807, 2.05) is 45.0 Å². The van der Waals surface area contributed by atoms with Gasteiger partial charge >= 0.3 is 0 Å². The minimum Gasteiger partial charge on any atom is -0.497 e. The highest BCUT2D eigenvalue weighted by molar-refractivity contribution is 7.92. The zero-order chi connectivity index (χ0) is 27.8. The molecule has 2 rings (SSSR count). The fourth-order valence-electron chi connectivity index (χ4n) is 3.84. The van der Waals surface area contributed by atoms with Crippen molar-refractivity contribution in [3.05, 3.63) is 54.1 Å². The van der Waals surface area contributed by atoms with Crippen LogP contribution in [0.15, 0.2) is 48.5 Å². The molecule has 2 aromatic rings. The molecule has 2 aromatic carbocycles. The number of amides is 2. The number of para-hydroxylation sites is 2. The minimum atomic E-state index is -3.62. The molecular weight excluding hydrogens is 494 g/mol. The van der Waals surface area contributed by atoms with Crippen LogP contribution in [0.1, 0.15) is 46.1 Å². The van der Waals surface area contributed by atoms with E-state index in [-0.39, 0.29) is 37.7 Å². The lowest BCUT2D eigenvalue weighted by molar-refractivity contribution is -0.141. The third kappa shape index (κ3) is 8.96. The average molecular weight is 534 g/mol. The first-order chi connectivity index (χ1) is 17.3. The quantitative estimate of drug-likeness (QED) is 0.447. The van der Waals surface area contributed by atoms with Crippen molar-refractivity contribution in [3.63, 3.8) is 0 Å². The van der Waals surface area contributed by atoms with Crippen LogP contribution in [-0.2, 0) is 26.2 Å². The summed E-state index contributed by atoms with van der Waals surface area (Å²) in [4.78, 5) is 27.9. The van der Waals surface area contributed by atoms with E-state index < -0.39 is 21.6 Å². The van der Waals surface area contributed by atoms with Crippen LogP contribution in [0.25, 0.3) is 0 Å². The van der Waals surface area contributed by atoms with Crippen LogP contribution < -0.4 is 19.1 Å². The summed E-state index contributed by atoms with van der Waals surface area (Å²) >= 11 is 0. The first kappa shape index (κ1) is 30.0. The monoisotopic (exact) mass is 533 g/mol. The summed E-state index contributed by atoms with van der Waals surface area (Å²) < 4.78 is 37.0. The van der Waals surface area contributed by atoms with E-state index in [4.69, 9.17) is 9.47 Å². The van der Waals surface area contributed by atoms with Gasteiger partial charge in [-0.1, -0.05) is 24.3 Å². The summed E-state index contributed by atoms with van der Waals surface area (Å²) in [6.07, 6.45) is 1.43. The van der Waals surface area contributed by atoms with Gasteiger partial charge in [0.15, 0.2) is 0 Å². The number of carbonyl (C=O) groups excluding carboxylic acids is 2. The molecule has 0 saturated heterocycles. The minimum absolute atomic E-state index is 0.0538. The van der Waals surface area contributed by atoms with Crippen molar-refractivity contribution in [2.45, 2.75) is 58.7 Å². The fourth-order valence-corrected chi connectivity index (χ4v) is 4.81. The van der Waals surface area contributed by atoms with Gasteiger partial charge in [-0.15, -0.1) is 0 Å². The van der Waals surface area contributed by atoms with E-state index in [1.54, 1.807) is 38.3 Å². The van der Waals surface area contributed by atoms with E-state index in [1.165, 1.54) is 16.3 Å². The van der Waals surface area contributed by atoms with Crippen molar-refractivity contribution in [1.29, 1.82) is 0 Å². The summed E-state index contributed by atoms with van der Waals surface area (Å²) in [5, 5.41) is 2.93. The molecule has 2 amide bonds. The molecule has 9 nitrogen and oxygen atoms in total. The lowest BCUT2D eigenvalue weighted by Crippen LogP contribution is -2.52. The standard InChI is InChI=1S/C27H39N3O6S/c1-20(26(32)28-27(2,3)4)29(19-21-12-10-13-22(18-21)35-5)25(31)16-11-17-30(37(7,33)34)23-14-8-9-15-24(23)36-6/h8-10,12-15,18,20H,11,16-17,19H2,1-7H3,(H,28,32). The Morgan fingerprint density at radius 2 is 1.70 bits per heavy atom. The molecule has 37 heavy (non-hydrogen) atoms. The number of ether oxygens (including phenoxy) is 2. The second-order valence-electron chi connectivity index (χ2n) is 9.90. The highest BCUT2D eigenvalue weighted by atomic mass is 32.2. The molecule has 1 N–H and O–H groups in total. The number of nitrogens with one attached hydrogen (secondary N) is 1. The number of anilines is 1. The van der Waals surface area contributed by atoms with Crippen molar-refractivity contribution < 1.29 is 27.5 Å². The molecule has 0 spiro atoms. The number of hydrogen-bond acceptors (Lipinski definition) is 6. The van der Waals surface area contributed by atoms with Gasteiger partial charge in [0.2, 0.25) is 21.8 Å². The van der Waals surface area contributed by atoms with Crippen LogP contribution >= 0.6 is 0 Å². The molecule has 10 heteroatoms. The van der Waals surface area contributed by atoms with Gasteiger partial charge in [0.05, 0.1) is 26.2 Å². The molecule has 0 radical (unpaired) electrons. The molecule has 0 fully saturated rings. The van der Waals surface area contributed by atoms with E-state index >= 15 is 0 Å². The summed E-state index contributed by atoms with van der Waals surface area (Å²) in [7, 11) is -0.583. The summed E-state index contributed by atoms with van der Waals surface area (Å²) in [6, 6.07) is 13.4. The highest BCUT2D eigenvalue weighted by Gasteiger charge is 2.29. The summed E-state index contributed by atoms with van der Waals surface area (Å²) in [5.74, 6) is 0.548. The Morgan fingerprint density at radius 3 is 2.30 bits per heavy atom. The van der Waals surface area contributed by atoms with Crippen molar-refractivity contribution in [1.82, 2.24) is 10.2 Å². The zero-order valence-corrected chi connectivity index (χ0v) is 23.6. The van der Waals surface area contributed by atoms with Crippen LogP contribution in [0, 0.1) is 0 Å². The van der Waals surface area contributed by atoms with Gasteiger partial charge in [0, 0.05) is 25.0 Å². The summed E-state index contributed by atoms with van der Waals surface area (Å²) in [5.41, 5.74) is 0.766. The lowest BCUT2D eigenvalue weighted by atomic mass is 10.1. The molecule has 0 aliphatic carbocycles. The van der Waals surface area contributed by atoms with E-state index in [0.717, 1.165) is 11.8 Å². The van der Waals surface area contributed by atoms with Crippen molar-refractivity contribution in [3.8, 4) is 11.5 Å². The number of nitrogens with zero attached hydrogens (tertiary/aromatic N) is 2.